The Kier molecular flexibility index (Phi) is 4.55. The normalized spacial score (nSPS) is 12.1. The highest BCUT2D eigenvalue weighted by atomic mass is 19.4. The summed E-state index contributed by atoms with van der Waals surface area (Å²) in [6.45, 7) is 3.02. The van der Waals surface area contributed by atoms with Crippen molar-refractivity contribution in [3.8, 4) is 0 Å². The predicted octanol–water partition coefficient (Wildman–Crippen LogP) is 1.51. The summed E-state index contributed by atoms with van der Waals surface area (Å²) in [5.74, 6) is 0. The standard InChI is InChI=1S/C12H15F3N2O4/c1-11(2,16-10(19)20)6-7-4-5-8(12(13,14)15)17(21-3)9(7)18/h4-5,16H,6H2,1-3H3,(H,19,20). The van der Waals surface area contributed by atoms with Crippen molar-refractivity contribution in [1.29, 1.82) is 0 Å². The van der Waals surface area contributed by atoms with Gasteiger partial charge in [-0.15, -0.1) is 4.73 Å². The summed E-state index contributed by atoms with van der Waals surface area (Å²) in [6.07, 6.45) is -6.11. The van der Waals surface area contributed by atoms with Gasteiger partial charge in [0.25, 0.3) is 5.56 Å². The summed E-state index contributed by atoms with van der Waals surface area (Å²) in [5, 5.41) is 10.9. The first-order valence-corrected chi connectivity index (χ1v) is 5.85. The molecule has 2 N–H and O–H groups in total. The Bertz CT molecular complexity index is 593. The zero-order valence-electron chi connectivity index (χ0n) is 11.6. The fraction of sp³-hybridized carbons (Fsp3) is 0.500. The molecule has 0 atom stereocenters. The van der Waals surface area contributed by atoms with E-state index in [4.69, 9.17) is 5.11 Å². The highest BCUT2D eigenvalue weighted by Gasteiger charge is 2.36. The monoisotopic (exact) mass is 308 g/mol. The number of nitrogens with one attached hydrogen (secondary N) is 1. The molecule has 118 valence electrons. The van der Waals surface area contributed by atoms with Gasteiger partial charge in [-0.1, -0.05) is 6.07 Å². The van der Waals surface area contributed by atoms with Crippen LogP contribution in [0.3, 0.4) is 0 Å². The van der Waals surface area contributed by atoms with Crippen molar-refractivity contribution in [2.24, 2.45) is 0 Å². The Labute approximate surface area is 118 Å². The molecule has 1 rings (SSSR count). The third-order valence-electron chi connectivity index (χ3n) is 2.67. The highest BCUT2D eigenvalue weighted by Crippen LogP contribution is 2.28. The van der Waals surface area contributed by atoms with Gasteiger partial charge in [0.2, 0.25) is 0 Å². The zero-order valence-corrected chi connectivity index (χ0v) is 11.6. The first-order valence-electron chi connectivity index (χ1n) is 5.85. The van der Waals surface area contributed by atoms with Crippen molar-refractivity contribution in [1.82, 2.24) is 10.0 Å². The molecule has 0 saturated carbocycles. The van der Waals surface area contributed by atoms with E-state index in [1.807, 2.05) is 0 Å². The second-order valence-electron chi connectivity index (χ2n) is 5.01. The van der Waals surface area contributed by atoms with Gasteiger partial charge < -0.3 is 15.3 Å². The van der Waals surface area contributed by atoms with Gasteiger partial charge in [0.15, 0.2) is 5.69 Å². The number of pyridine rings is 1. The molecule has 0 fully saturated rings. The van der Waals surface area contributed by atoms with Crippen LogP contribution in [-0.2, 0) is 12.6 Å². The molecule has 0 aliphatic carbocycles. The molecule has 0 bridgehead atoms. The molecule has 0 unspecified atom stereocenters. The quantitative estimate of drug-likeness (QED) is 0.883. The first kappa shape index (κ1) is 16.9. The first-order chi connectivity index (χ1) is 9.48. The lowest BCUT2D eigenvalue weighted by molar-refractivity contribution is -0.151. The fourth-order valence-electron chi connectivity index (χ4n) is 1.89. The van der Waals surface area contributed by atoms with Gasteiger partial charge in [-0.25, -0.2) is 4.79 Å². The van der Waals surface area contributed by atoms with Crippen LogP contribution in [0.15, 0.2) is 16.9 Å². The SMILES string of the molecule is COn1c(C(F)(F)F)ccc(CC(C)(C)NC(=O)O)c1=O. The molecule has 6 nitrogen and oxygen atoms in total. The van der Waals surface area contributed by atoms with Gasteiger partial charge >= 0.3 is 12.3 Å². The number of carbonyl (C=O) groups is 1. The fourth-order valence-corrected chi connectivity index (χ4v) is 1.89. The summed E-state index contributed by atoms with van der Waals surface area (Å²) in [7, 11) is 0.945. The minimum Gasteiger partial charge on any atom is -0.465 e. The van der Waals surface area contributed by atoms with Crippen molar-refractivity contribution in [2.75, 3.05) is 7.11 Å². The van der Waals surface area contributed by atoms with Crippen LogP contribution in [0.5, 0.6) is 0 Å². The zero-order chi connectivity index (χ0) is 16.4. The third kappa shape index (κ3) is 4.14. The Morgan fingerprint density at radius 1 is 1.38 bits per heavy atom. The number of rotatable bonds is 4. The van der Waals surface area contributed by atoms with Gasteiger partial charge in [-0.05, 0) is 19.9 Å². The second kappa shape index (κ2) is 5.66. The number of aromatic nitrogens is 1. The van der Waals surface area contributed by atoms with Crippen molar-refractivity contribution in [3.05, 3.63) is 33.7 Å². The molecule has 1 aromatic heterocycles. The number of nitrogens with zero attached hydrogens (tertiary/aromatic N) is 1. The average Bonchev–Trinajstić information content (AvgIpc) is 2.27. The van der Waals surface area contributed by atoms with Crippen LogP contribution in [0.2, 0.25) is 0 Å². The second-order valence-corrected chi connectivity index (χ2v) is 5.01. The van der Waals surface area contributed by atoms with E-state index in [9.17, 15) is 22.8 Å². The lowest BCUT2D eigenvalue weighted by Crippen LogP contribution is -2.46. The van der Waals surface area contributed by atoms with E-state index in [0.717, 1.165) is 19.2 Å². The number of hydrogen-bond donors (Lipinski definition) is 2. The van der Waals surface area contributed by atoms with Gasteiger partial charge in [0, 0.05) is 17.5 Å². The Hall–Kier alpha value is -2.19. The Balaban J connectivity index is 3.24. The summed E-state index contributed by atoms with van der Waals surface area (Å²) >= 11 is 0. The van der Waals surface area contributed by atoms with E-state index in [-0.39, 0.29) is 16.7 Å². The van der Waals surface area contributed by atoms with Gasteiger partial charge in [0.05, 0.1) is 0 Å². The molecule has 0 spiro atoms. The van der Waals surface area contributed by atoms with Crippen molar-refractivity contribution >= 4 is 6.09 Å². The molecule has 0 aromatic carbocycles. The third-order valence-corrected chi connectivity index (χ3v) is 2.67. The minimum absolute atomic E-state index is 0.00333. The number of amides is 1. The van der Waals surface area contributed by atoms with E-state index in [1.54, 1.807) is 0 Å². The van der Waals surface area contributed by atoms with Crippen molar-refractivity contribution in [2.45, 2.75) is 32.0 Å². The van der Waals surface area contributed by atoms with Crippen LogP contribution in [-0.4, -0.2) is 28.6 Å². The van der Waals surface area contributed by atoms with Crippen molar-refractivity contribution in [3.63, 3.8) is 0 Å². The minimum atomic E-state index is -4.73. The lowest BCUT2D eigenvalue weighted by atomic mass is 9.96. The molecule has 1 heterocycles. The molecule has 0 aliphatic rings. The maximum absolute atomic E-state index is 12.7. The van der Waals surface area contributed by atoms with Gasteiger partial charge in [0.1, 0.15) is 7.11 Å². The molecule has 1 amide bonds. The Morgan fingerprint density at radius 3 is 2.38 bits per heavy atom. The number of carboxylic acid groups (broad SMARTS) is 1. The summed E-state index contributed by atoms with van der Waals surface area (Å²) in [6, 6.07) is 1.74. The molecule has 1 aromatic rings. The predicted molar refractivity (Wildman–Crippen MR) is 67.2 cm³/mol. The molecule has 0 radical (unpaired) electrons. The van der Waals surface area contributed by atoms with Crippen LogP contribution in [0.25, 0.3) is 0 Å². The summed E-state index contributed by atoms with van der Waals surface area (Å²) in [4.78, 5) is 27.1. The summed E-state index contributed by atoms with van der Waals surface area (Å²) < 4.78 is 38.3. The van der Waals surface area contributed by atoms with Crippen LogP contribution in [0, 0.1) is 0 Å². The summed E-state index contributed by atoms with van der Waals surface area (Å²) in [5.41, 5.74) is -3.23. The molecule has 9 heteroatoms. The molecule has 0 aliphatic heterocycles. The maximum Gasteiger partial charge on any atom is 0.434 e. The average molecular weight is 308 g/mol. The molecular weight excluding hydrogens is 293 g/mol. The topological polar surface area (TPSA) is 80.6 Å². The largest absolute Gasteiger partial charge is 0.465 e. The van der Waals surface area contributed by atoms with Crippen molar-refractivity contribution < 1.29 is 27.9 Å². The number of hydrogen-bond acceptors (Lipinski definition) is 3. The van der Waals surface area contributed by atoms with E-state index in [0.29, 0.717) is 0 Å². The van der Waals surface area contributed by atoms with E-state index >= 15 is 0 Å². The van der Waals surface area contributed by atoms with E-state index in [1.165, 1.54) is 13.8 Å². The van der Waals surface area contributed by atoms with Crippen LogP contribution < -0.4 is 15.7 Å². The van der Waals surface area contributed by atoms with Gasteiger partial charge in [-0.3, -0.25) is 4.79 Å². The van der Waals surface area contributed by atoms with Crippen LogP contribution >= 0.6 is 0 Å². The van der Waals surface area contributed by atoms with Gasteiger partial charge in [-0.2, -0.15) is 13.2 Å². The smallest absolute Gasteiger partial charge is 0.434 e. The molecular formula is C12H15F3N2O4. The maximum atomic E-state index is 12.7. The Morgan fingerprint density at radius 2 is 1.95 bits per heavy atom. The molecule has 0 saturated heterocycles. The van der Waals surface area contributed by atoms with Crippen LogP contribution in [0.4, 0.5) is 18.0 Å². The van der Waals surface area contributed by atoms with Crippen LogP contribution in [0.1, 0.15) is 25.1 Å². The highest BCUT2D eigenvalue weighted by molar-refractivity contribution is 5.65. The van der Waals surface area contributed by atoms with E-state index in [2.05, 4.69) is 10.2 Å². The number of halogens is 3. The van der Waals surface area contributed by atoms with E-state index < -0.39 is 29.1 Å². The lowest BCUT2D eigenvalue weighted by Gasteiger charge is -2.24. The number of alkyl halides is 3. The molecule has 21 heavy (non-hydrogen) atoms.